The van der Waals surface area contributed by atoms with Gasteiger partial charge in [-0.15, -0.1) is 0 Å². The van der Waals surface area contributed by atoms with Crippen LogP contribution in [0.25, 0.3) is 0 Å². The Bertz CT molecular complexity index is 681. The van der Waals surface area contributed by atoms with Crippen LogP contribution in [-0.4, -0.2) is 59.6 Å². The van der Waals surface area contributed by atoms with Crippen molar-refractivity contribution in [2.75, 3.05) is 20.8 Å². The van der Waals surface area contributed by atoms with Gasteiger partial charge >= 0.3 is 12.0 Å². The first-order valence-corrected chi connectivity index (χ1v) is 8.03. The number of carbonyl (C=O) groups excluding carboxylic acids is 2. The van der Waals surface area contributed by atoms with Crippen LogP contribution in [0.2, 0.25) is 0 Å². The molecule has 1 fully saturated rings. The summed E-state index contributed by atoms with van der Waals surface area (Å²) in [5.74, 6) is -0.0417. The van der Waals surface area contributed by atoms with Crippen molar-refractivity contribution >= 4 is 17.9 Å². The smallest absolute Gasteiger partial charge is 0.327 e. The molecule has 0 aromatic heterocycles. The fourth-order valence-corrected chi connectivity index (χ4v) is 3.36. The number of rotatable bonds is 6. The Kier molecular flexibility index (Phi) is 4.52. The summed E-state index contributed by atoms with van der Waals surface area (Å²) in [6, 6.07) is 2.77. The number of benzene rings is 1. The van der Waals surface area contributed by atoms with Crippen LogP contribution in [0.3, 0.4) is 0 Å². The van der Waals surface area contributed by atoms with Crippen LogP contribution in [0.4, 0.5) is 4.79 Å². The second-order valence-electron chi connectivity index (χ2n) is 6.09. The fourth-order valence-electron chi connectivity index (χ4n) is 3.36. The molecule has 3 amide bonds. The maximum absolute atomic E-state index is 12.6. The Labute approximate surface area is 144 Å². The molecule has 134 valence electrons. The molecule has 8 nitrogen and oxygen atoms in total. The molecule has 0 saturated carbocycles. The summed E-state index contributed by atoms with van der Waals surface area (Å²) in [5.41, 5.74) is 1.87. The van der Waals surface area contributed by atoms with Gasteiger partial charge in [-0.05, 0) is 29.7 Å². The Hall–Kier alpha value is -2.77. The first-order chi connectivity index (χ1) is 12.0. The number of carboxylic acid groups (broad SMARTS) is 1. The third-order valence-corrected chi connectivity index (χ3v) is 4.64. The van der Waals surface area contributed by atoms with Gasteiger partial charge in [0, 0.05) is 25.9 Å². The maximum atomic E-state index is 12.6. The molecule has 0 bridgehead atoms. The van der Waals surface area contributed by atoms with E-state index in [-0.39, 0.29) is 31.3 Å². The van der Waals surface area contributed by atoms with E-state index >= 15 is 0 Å². The Morgan fingerprint density at radius 2 is 1.84 bits per heavy atom. The summed E-state index contributed by atoms with van der Waals surface area (Å²) >= 11 is 0. The number of fused-ring (bicyclic) bond motifs is 2. The van der Waals surface area contributed by atoms with E-state index in [2.05, 4.69) is 0 Å². The Morgan fingerprint density at radius 3 is 2.44 bits per heavy atom. The minimum absolute atomic E-state index is 0.0731. The van der Waals surface area contributed by atoms with Gasteiger partial charge in [-0.2, -0.15) is 0 Å². The number of hydrogen-bond donors (Lipinski definition) is 1. The summed E-state index contributed by atoms with van der Waals surface area (Å²) in [5, 5.41) is 8.72. The van der Waals surface area contributed by atoms with Gasteiger partial charge in [0.2, 0.25) is 0 Å². The van der Waals surface area contributed by atoms with E-state index in [4.69, 9.17) is 14.6 Å². The average Bonchev–Trinajstić information content (AvgIpc) is 2.82. The quantitative estimate of drug-likeness (QED) is 0.778. The first kappa shape index (κ1) is 17.1. The van der Waals surface area contributed by atoms with Gasteiger partial charge in [0.1, 0.15) is 6.04 Å². The molecule has 0 radical (unpaired) electrons. The third kappa shape index (κ3) is 2.99. The molecule has 1 aromatic rings. The summed E-state index contributed by atoms with van der Waals surface area (Å²) in [6.45, 7) is 0.445. The highest BCUT2D eigenvalue weighted by molar-refractivity contribution is 6.04. The number of ether oxygens (including phenoxy) is 2. The zero-order chi connectivity index (χ0) is 18.1. The lowest BCUT2D eigenvalue weighted by Crippen LogP contribution is -2.40. The van der Waals surface area contributed by atoms with E-state index in [0.29, 0.717) is 24.5 Å². The highest BCUT2D eigenvalue weighted by Gasteiger charge is 2.47. The molecule has 2 heterocycles. The van der Waals surface area contributed by atoms with Gasteiger partial charge in [-0.1, -0.05) is 0 Å². The van der Waals surface area contributed by atoms with Crippen molar-refractivity contribution in [3.8, 4) is 11.5 Å². The van der Waals surface area contributed by atoms with Crippen LogP contribution in [-0.2, 0) is 22.6 Å². The third-order valence-electron chi connectivity index (χ3n) is 4.64. The highest BCUT2D eigenvalue weighted by atomic mass is 16.5. The average molecular weight is 348 g/mol. The van der Waals surface area contributed by atoms with Crippen molar-refractivity contribution in [3.05, 3.63) is 23.3 Å². The Morgan fingerprint density at radius 1 is 1.20 bits per heavy atom. The zero-order valence-electron chi connectivity index (χ0n) is 14.2. The van der Waals surface area contributed by atoms with E-state index in [1.807, 2.05) is 12.1 Å². The van der Waals surface area contributed by atoms with Crippen LogP contribution >= 0.6 is 0 Å². The van der Waals surface area contributed by atoms with Crippen LogP contribution in [0.5, 0.6) is 11.5 Å². The number of amides is 3. The van der Waals surface area contributed by atoms with Crippen molar-refractivity contribution in [1.82, 2.24) is 9.80 Å². The second-order valence-corrected chi connectivity index (χ2v) is 6.09. The molecule has 2 aliphatic rings. The van der Waals surface area contributed by atoms with E-state index in [1.165, 1.54) is 4.90 Å². The molecule has 1 N–H and O–H groups in total. The summed E-state index contributed by atoms with van der Waals surface area (Å²) in [4.78, 5) is 38.4. The van der Waals surface area contributed by atoms with E-state index < -0.39 is 12.0 Å². The largest absolute Gasteiger partial charge is 0.493 e. The van der Waals surface area contributed by atoms with Crippen LogP contribution < -0.4 is 9.47 Å². The fraction of sp³-hybridized carbons (Fsp3) is 0.471. The van der Waals surface area contributed by atoms with Crippen molar-refractivity contribution in [2.24, 2.45) is 0 Å². The van der Waals surface area contributed by atoms with Crippen LogP contribution in [0, 0.1) is 0 Å². The SMILES string of the molecule is COc1cc2c(cc1OC)CN1C(=O)N(CCCC(=O)O)C(=O)[C@@H]1C2. The molecule has 0 spiro atoms. The maximum Gasteiger partial charge on any atom is 0.327 e. The second kappa shape index (κ2) is 6.62. The van der Waals surface area contributed by atoms with Crippen molar-refractivity contribution < 1.29 is 29.0 Å². The topological polar surface area (TPSA) is 96.4 Å². The molecule has 2 aliphatic heterocycles. The monoisotopic (exact) mass is 348 g/mol. The number of hydrogen-bond acceptors (Lipinski definition) is 5. The zero-order valence-corrected chi connectivity index (χ0v) is 14.2. The van der Waals surface area contributed by atoms with Gasteiger partial charge in [0.15, 0.2) is 11.5 Å². The molecule has 8 heteroatoms. The first-order valence-electron chi connectivity index (χ1n) is 8.03. The van der Waals surface area contributed by atoms with Gasteiger partial charge < -0.3 is 19.5 Å². The minimum atomic E-state index is -0.941. The standard InChI is InChI=1S/C17H20N2O6/c1-24-13-7-10-6-12-16(22)18(5-3-4-15(20)21)17(23)19(12)9-11(10)8-14(13)25-2/h7-8,12H,3-6,9H2,1-2H3,(H,20,21)/t12-/m0/s1. The molecule has 1 aromatic carbocycles. The number of carbonyl (C=O) groups is 3. The molecule has 0 aliphatic carbocycles. The highest BCUT2D eigenvalue weighted by Crippen LogP contribution is 2.37. The van der Waals surface area contributed by atoms with Crippen molar-refractivity contribution in [1.29, 1.82) is 0 Å². The lowest BCUT2D eigenvalue weighted by molar-refractivity contribution is -0.137. The van der Waals surface area contributed by atoms with E-state index in [9.17, 15) is 14.4 Å². The lowest BCUT2D eigenvalue weighted by atomic mass is 9.94. The summed E-state index contributed by atoms with van der Waals surface area (Å²) in [7, 11) is 3.10. The minimum Gasteiger partial charge on any atom is -0.493 e. The van der Waals surface area contributed by atoms with Crippen molar-refractivity contribution in [2.45, 2.75) is 31.8 Å². The number of nitrogens with zero attached hydrogens (tertiary/aromatic N) is 2. The number of aliphatic carboxylic acids is 1. The lowest BCUT2D eigenvalue weighted by Gasteiger charge is -2.29. The predicted octanol–water partition coefficient (Wildman–Crippen LogP) is 1.26. The normalized spacial score (nSPS) is 18.9. The Balaban J connectivity index is 1.81. The van der Waals surface area contributed by atoms with Gasteiger partial charge in [-0.25, -0.2) is 4.79 Å². The number of urea groups is 1. The van der Waals surface area contributed by atoms with Gasteiger partial charge in [0.05, 0.1) is 14.2 Å². The summed E-state index contributed by atoms with van der Waals surface area (Å²) < 4.78 is 10.6. The van der Waals surface area contributed by atoms with Crippen LogP contribution in [0.15, 0.2) is 12.1 Å². The molecule has 0 unspecified atom stereocenters. The predicted molar refractivity (Wildman–Crippen MR) is 86.6 cm³/mol. The van der Waals surface area contributed by atoms with E-state index in [1.54, 1.807) is 14.2 Å². The van der Waals surface area contributed by atoms with Gasteiger partial charge in [-0.3, -0.25) is 14.5 Å². The number of methoxy groups -OCH3 is 2. The van der Waals surface area contributed by atoms with Crippen molar-refractivity contribution in [3.63, 3.8) is 0 Å². The van der Waals surface area contributed by atoms with Crippen LogP contribution in [0.1, 0.15) is 24.0 Å². The van der Waals surface area contributed by atoms with E-state index in [0.717, 1.165) is 16.0 Å². The van der Waals surface area contributed by atoms with Gasteiger partial charge in [0.25, 0.3) is 5.91 Å². The number of carboxylic acids is 1. The summed E-state index contributed by atoms with van der Waals surface area (Å²) in [6.07, 6.45) is 0.591. The number of imide groups is 1. The molecule has 1 saturated heterocycles. The molecule has 3 rings (SSSR count). The molecular formula is C17H20N2O6. The molecule has 1 atom stereocenters. The molecular weight excluding hydrogens is 328 g/mol. The molecule has 25 heavy (non-hydrogen) atoms.